The number of esters is 1. The standard InChI is InChI=1S/C16H20N4O5/c1-7(2)19-6-8(3)20-11-9(13(24-4)12(20)15(19)22)14(21)18-17-10(11)16(23)25-5/h7-8H,6H2,1-5H3,(H,18,21)/t8-/m0/s1. The van der Waals surface area contributed by atoms with Gasteiger partial charge in [0, 0.05) is 18.6 Å². The number of methoxy groups -OCH3 is 2. The summed E-state index contributed by atoms with van der Waals surface area (Å²) in [6, 6.07) is -0.184. The molecule has 0 aromatic carbocycles. The predicted octanol–water partition coefficient (Wildman–Crippen LogP) is 0.945. The highest BCUT2D eigenvalue weighted by atomic mass is 16.5. The van der Waals surface area contributed by atoms with Crippen LogP contribution in [0.4, 0.5) is 0 Å². The largest absolute Gasteiger partial charge is 0.493 e. The molecule has 25 heavy (non-hydrogen) atoms. The van der Waals surface area contributed by atoms with E-state index in [9.17, 15) is 14.4 Å². The molecule has 1 N–H and O–H groups in total. The highest BCUT2D eigenvalue weighted by Crippen LogP contribution is 2.38. The maximum absolute atomic E-state index is 13.0. The molecule has 0 saturated heterocycles. The van der Waals surface area contributed by atoms with Crippen molar-refractivity contribution in [3.8, 4) is 5.75 Å². The molecule has 9 nitrogen and oxygen atoms in total. The normalized spacial score (nSPS) is 17.1. The monoisotopic (exact) mass is 348 g/mol. The van der Waals surface area contributed by atoms with Crippen LogP contribution < -0.4 is 10.3 Å². The van der Waals surface area contributed by atoms with Gasteiger partial charge in [0.1, 0.15) is 5.39 Å². The van der Waals surface area contributed by atoms with Crippen molar-refractivity contribution < 1.29 is 19.1 Å². The maximum atomic E-state index is 13.0. The van der Waals surface area contributed by atoms with Crippen molar-refractivity contribution in [1.82, 2.24) is 19.7 Å². The molecule has 2 aromatic rings. The van der Waals surface area contributed by atoms with Crippen LogP contribution in [0.1, 0.15) is 47.8 Å². The van der Waals surface area contributed by atoms with Crippen molar-refractivity contribution in [1.29, 1.82) is 0 Å². The van der Waals surface area contributed by atoms with Gasteiger partial charge in [-0.15, -0.1) is 0 Å². The quantitative estimate of drug-likeness (QED) is 0.828. The summed E-state index contributed by atoms with van der Waals surface area (Å²) in [6.07, 6.45) is 0. The Morgan fingerprint density at radius 2 is 2.00 bits per heavy atom. The zero-order valence-electron chi connectivity index (χ0n) is 14.7. The predicted molar refractivity (Wildman–Crippen MR) is 89.1 cm³/mol. The second kappa shape index (κ2) is 5.91. The molecule has 0 fully saturated rings. The van der Waals surface area contributed by atoms with E-state index < -0.39 is 11.5 Å². The summed E-state index contributed by atoms with van der Waals surface area (Å²) in [5.41, 5.74) is -0.0860. The molecule has 0 aliphatic carbocycles. The van der Waals surface area contributed by atoms with Gasteiger partial charge >= 0.3 is 5.97 Å². The molecule has 1 aliphatic rings. The summed E-state index contributed by atoms with van der Waals surface area (Å²) in [5.74, 6) is -0.808. The third-order valence-electron chi connectivity index (χ3n) is 4.45. The average Bonchev–Trinajstić information content (AvgIpc) is 2.94. The number of H-pyrrole nitrogens is 1. The zero-order chi connectivity index (χ0) is 18.5. The Morgan fingerprint density at radius 1 is 1.32 bits per heavy atom. The third-order valence-corrected chi connectivity index (χ3v) is 4.45. The number of ether oxygens (including phenoxy) is 2. The van der Waals surface area contributed by atoms with Crippen molar-refractivity contribution in [3.63, 3.8) is 0 Å². The lowest BCUT2D eigenvalue weighted by Crippen LogP contribution is -2.45. The van der Waals surface area contributed by atoms with E-state index in [1.54, 1.807) is 9.47 Å². The summed E-state index contributed by atoms with van der Waals surface area (Å²) >= 11 is 0. The number of nitrogens with zero attached hydrogens (tertiary/aromatic N) is 3. The fourth-order valence-corrected chi connectivity index (χ4v) is 3.34. The van der Waals surface area contributed by atoms with E-state index in [1.165, 1.54) is 14.2 Å². The lowest BCUT2D eigenvalue weighted by Gasteiger charge is -2.36. The maximum Gasteiger partial charge on any atom is 0.360 e. The van der Waals surface area contributed by atoms with Gasteiger partial charge in [0.05, 0.1) is 19.7 Å². The molecule has 2 aromatic heterocycles. The van der Waals surface area contributed by atoms with Crippen LogP contribution in [0.2, 0.25) is 0 Å². The van der Waals surface area contributed by atoms with Crippen molar-refractivity contribution in [2.24, 2.45) is 0 Å². The Hall–Kier alpha value is -2.84. The van der Waals surface area contributed by atoms with Crippen LogP contribution in [0.15, 0.2) is 4.79 Å². The van der Waals surface area contributed by atoms with Crippen LogP contribution in [0, 0.1) is 0 Å². The molecule has 0 unspecified atom stereocenters. The number of aromatic amines is 1. The fraction of sp³-hybridized carbons (Fsp3) is 0.500. The van der Waals surface area contributed by atoms with Crippen molar-refractivity contribution in [2.75, 3.05) is 20.8 Å². The van der Waals surface area contributed by atoms with Gasteiger partial charge in [-0.2, -0.15) is 5.10 Å². The minimum Gasteiger partial charge on any atom is -0.493 e. The van der Waals surface area contributed by atoms with Crippen LogP contribution >= 0.6 is 0 Å². The summed E-state index contributed by atoms with van der Waals surface area (Å²) < 4.78 is 11.8. The molecular weight excluding hydrogens is 328 g/mol. The average molecular weight is 348 g/mol. The second-order valence-corrected chi connectivity index (χ2v) is 6.27. The van der Waals surface area contributed by atoms with Gasteiger partial charge < -0.3 is 18.9 Å². The zero-order valence-corrected chi connectivity index (χ0v) is 14.7. The first-order valence-corrected chi connectivity index (χ1v) is 7.93. The molecule has 9 heteroatoms. The summed E-state index contributed by atoms with van der Waals surface area (Å²) in [7, 11) is 2.62. The number of carbonyl (C=O) groups is 2. The molecule has 0 bridgehead atoms. The van der Waals surface area contributed by atoms with Gasteiger partial charge in [0.2, 0.25) is 0 Å². The van der Waals surface area contributed by atoms with Gasteiger partial charge in [0.15, 0.2) is 17.1 Å². The van der Waals surface area contributed by atoms with Gasteiger partial charge in [-0.3, -0.25) is 9.59 Å². The molecule has 0 radical (unpaired) electrons. The Bertz CT molecular complexity index is 927. The number of carbonyl (C=O) groups excluding carboxylic acids is 2. The van der Waals surface area contributed by atoms with Crippen molar-refractivity contribution in [3.05, 3.63) is 21.7 Å². The van der Waals surface area contributed by atoms with Gasteiger partial charge in [-0.1, -0.05) is 0 Å². The second-order valence-electron chi connectivity index (χ2n) is 6.27. The summed E-state index contributed by atoms with van der Waals surface area (Å²) in [5, 5.41) is 6.24. The lowest BCUT2D eigenvalue weighted by atomic mass is 10.1. The molecule has 134 valence electrons. The highest BCUT2D eigenvalue weighted by molar-refractivity contribution is 6.09. The molecule has 3 rings (SSSR count). The van der Waals surface area contributed by atoms with E-state index in [4.69, 9.17) is 9.47 Å². The van der Waals surface area contributed by atoms with E-state index in [2.05, 4.69) is 10.2 Å². The fourth-order valence-electron chi connectivity index (χ4n) is 3.34. The highest BCUT2D eigenvalue weighted by Gasteiger charge is 2.38. The van der Waals surface area contributed by atoms with Crippen LogP contribution in [-0.4, -0.2) is 58.3 Å². The van der Waals surface area contributed by atoms with Crippen LogP contribution in [0.25, 0.3) is 10.9 Å². The third kappa shape index (κ3) is 2.30. The molecule has 1 aliphatic heterocycles. The first-order valence-electron chi connectivity index (χ1n) is 7.93. The Balaban J connectivity index is 2.46. The van der Waals surface area contributed by atoms with Gasteiger partial charge in [0.25, 0.3) is 11.5 Å². The number of rotatable bonds is 3. The number of nitrogens with one attached hydrogen (secondary N) is 1. The Labute approximate surface area is 143 Å². The first-order chi connectivity index (χ1) is 11.8. The lowest BCUT2D eigenvalue weighted by molar-refractivity contribution is 0.0584. The van der Waals surface area contributed by atoms with E-state index >= 15 is 0 Å². The molecule has 0 spiro atoms. The number of fused-ring (bicyclic) bond motifs is 3. The molecular formula is C16H20N4O5. The van der Waals surface area contributed by atoms with E-state index in [1.807, 2.05) is 20.8 Å². The van der Waals surface area contributed by atoms with E-state index in [0.29, 0.717) is 6.54 Å². The van der Waals surface area contributed by atoms with Gasteiger partial charge in [-0.25, -0.2) is 9.89 Å². The molecule has 1 atom stereocenters. The van der Waals surface area contributed by atoms with Crippen LogP contribution in [-0.2, 0) is 4.74 Å². The van der Waals surface area contributed by atoms with E-state index in [0.717, 1.165) is 0 Å². The van der Waals surface area contributed by atoms with Crippen molar-refractivity contribution >= 4 is 22.8 Å². The number of amides is 1. The SMILES string of the molecule is COC(=O)c1n[nH]c(=O)c2c(OC)c3n(c12)[C@@H](C)CN(C(C)C)C3=O. The number of aromatic nitrogens is 3. The minimum absolute atomic E-state index is 0.0112. The number of hydrogen-bond acceptors (Lipinski definition) is 6. The number of hydrogen-bond donors (Lipinski definition) is 1. The summed E-state index contributed by atoms with van der Waals surface area (Å²) in [6.45, 7) is 6.20. The first kappa shape index (κ1) is 17.0. The van der Waals surface area contributed by atoms with Gasteiger partial charge in [-0.05, 0) is 20.8 Å². The van der Waals surface area contributed by atoms with E-state index in [-0.39, 0.29) is 46.0 Å². The Kier molecular flexibility index (Phi) is 4.02. The topological polar surface area (TPSA) is 107 Å². The molecule has 1 amide bonds. The Morgan fingerprint density at radius 3 is 2.56 bits per heavy atom. The van der Waals surface area contributed by atoms with Crippen LogP contribution in [0.5, 0.6) is 5.75 Å². The smallest absolute Gasteiger partial charge is 0.360 e. The minimum atomic E-state index is -0.699. The van der Waals surface area contributed by atoms with Crippen LogP contribution in [0.3, 0.4) is 0 Å². The molecule has 0 saturated carbocycles. The molecule has 3 heterocycles. The summed E-state index contributed by atoms with van der Waals surface area (Å²) in [4.78, 5) is 39.2. The van der Waals surface area contributed by atoms with Crippen molar-refractivity contribution in [2.45, 2.75) is 32.9 Å².